The highest BCUT2D eigenvalue weighted by molar-refractivity contribution is 6.50. The van der Waals surface area contributed by atoms with E-state index in [2.05, 4.69) is 6.92 Å². The van der Waals surface area contributed by atoms with E-state index in [1.165, 1.54) is 12.1 Å². The largest absolute Gasteiger partial charge is 0.507 e. The van der Waals surface area contributed by atoms with Gasteiger partial charge in [-0.2, -0.15) is 0 Å². The molecule has 1 atom stereocenters. The molecule has 0 radical (unpaired) electrons. The van der Waals surface area contributed by atoms with Gasteiger partial charge < -0.3 is 9.84 Å². The Balaban J connectivity index is 2.40. The smallest absolute Gasteiger partial charge is 0.237 e. The van der Waals surface area contributed by atoms with E-state index in [4.69, 9.17) is 4.74 Å². The molecule has 0 heterocycles. The number of allylic oxidation sites excluding steroid dienone is 1. The molecule has 1 unspecified atom stereocenters. The Hall–Kier alpha value is -2.10. The Morgan fingerprint density at radius 1 is 1.25 bits per heavy atom. The minimum Gasteiger partial charge on any atom is -0.507 e. The van der Waals surface area contributed by atoms with Gasteiger partial charge in [-0.15, -0.1) is 0 Å². The highest BCUT2D eigenvalue weighted by atomic mass is 16.5. The number of carbonyl (C=O) groups is 2. The number of hydrogen-bond acceptors (Lipinski definition) is 4. The van der Waals surface area contributed by atoms with Crippen molar-refractivity contribution in [1.29, 1.82) is 0 Å². The van der Waals surface area contributed by atoms with Crippen LogP contribution in [0.1, 0.15) is 49.0 Å². The number of phenolic OH excluding ortho intramolecular Hbond substituents is 1. The van der Waals surface area contributed by atoms with Gasteiger partial charge in [-0.3, -0.25) is 9.59 Å². The molecule has 0 amide bonds. The maximum atomic E-state index is 11.9. The molecule has 20 heavy (non-hydrogen) atoms. The summed E-state index contributed by atoms with van der Waals surface area (Å²) in [7, 11) is 0. The summed E-state index contributed by atoms with van der Waals surface area (Å²) in [5.41, 5.74) is 0.533. The average Bonchev–Trinajstić information content (AvgIpc) is 2.43. The van der Waals surface area contributed by atoms with Crippen LogP contribution >= 0.6 is 0 Å². The van der Waals surface area contributed by atoms with Crippen LogP contribution in [-0.4, -0.2) is 22.8 Å². The van der Waals surface area contributed by atoms with Crippen molar-refractivity contribution in [2.24, 2.45) is 0 Å². The number of benzene rings is 1. The van der Waals surface area contributed by atoms with Crippen molar-refractivity contribution in [1.82, 2.24) is 0 Å². The zero-order valence-corrected chi connectivity index (χ0v) is 11.7. The summed E-state index contributed by atoms with van der Waals surface area (Å²) in [4.78, 5) is 23.6. The molecule has 106 valence electrons. The van der Waals surface area contributed by atoms with Crippen molar-refractivity contribution in [3.8, 4) is 5.75 Å². The molecule has 1 aromatic carbocycles. The monoisotopic (exact) mass is 274 g/mol. The summed E-state index contributed by atoms with van der Waals surface area (Å²) >= 11 is 0. The predicted octanol–water partition coefficient (Wildman–Crippen LogP) is 3.09. The Kier molecular flexibility index (Phi) is 4.23. The lowest BCUT2D eigenvalue weighted by Gasteiger charge is -2.23. The third kappa shape index (κ3) is 2.59. The second kappa shape index (κ2) is 5.90. The molecular formula is C16H18O4. The van der Waals surface area contributed by atoms with Crippen LogP contribution in [0.3, 0.4) is 0 Å². The molecule has 0 bridgehead atoms. The van der Waals surface area contributed by atoms with Crippen LogP contribution in [-0.2, 0) is 9.53 Å². The SMILES string of the molecule is CCCC(CC)OC1=CC(=O)C(=O)c2c(O)cccc21. The third-order valence-corrected chi connectivity index (χ3v) is 3.38. The lowest BCUT2D eigenvalue weighted by molar-refractivity contribution is -0.111. The number of ketones is 2. The highest BCUT2D eigenvalue weighted by Crippen LogP contribution is 2.33. The van der Waals surface area contributed by atoms with E-state index in [-0.39, 0.29) is 17.4 Å². The minimum absolute atomic E-state index is 0.00227. The topological polar surface area (TPSA) is 63.6 Å². The van der Waals surface area contributed by atoms with Gasteiger partial charge in [0.15, 0.2) is 0 Å². The molecule has 0 spiro atoms. The van der Waals surface area contributed by atoms with E-state index in [1.807, 2.05) is 6.92 Å². The summed E-state index contributed by atoms with van der Waals surface area (Å²) < 4.78 is 5.86. The Labute approximate surface area is 118 Å². The number of phenols is 1. The van der Waals surface area contributed by atoms with Crippen molar-refractivity contribution in [2.75, 3.05) is 0 Å². The fourth-order valence-electron chi connectivity index (χ4n) is 2.32. The fourth-order valence-corrected chi connectivity index (χ4v) is 2.32. The van der Waals surface area contributed by atoms with Gasteiger partial charge in [-0.25, -0.2) is 0 Å². The maximum Gasteiger partial charge on any atom is 0.237 e. The first kappa shape index (κ1) is 14.3. The number of aromatic hydroxyl groups is 1. The van der Waals surface area contributed by atoms with E-state index in [1.54, 1.807) is 12.1 Å². The number of Topliss-reactive ketones (excluding diaryl/α,β-unsaturated/α-hetero) is 1. The van der Waals surface area contributed by atoms with E-state index in [0.717, 1.165) is 19.3 Å². The van der Waals surface area contributed by atoms with Gasteiger partial charge >= 0.3 is 0 Å². The van der Waals surface area contributed by atoms with Gasteiger partial charge in [0, 0.05) is 11.6 Å². The number of ether oxygens (including phenoxy) is 1. The summed E-state index contributed by atoms with van der Waals surface area (Å²) in [6.45, 7) is 4.08. The van der Waals surface area contributed by atoms with Gasteiger partial charge in [0.25, 0.3) is 0 Å². The van der Waals surface area contributed by atoms with Crippen molar-refractivity contribution in [2.45, 2.75) is 39.2 Å². The first-order valence-corrected chi connectivity index (χ1v) is 6.87. The van der Waals surface area contributed by atoms with Gasteiger partial charge in [-0.05, 0) is 18.9 Å². The summed E-state index contributed by atoms with van der Waals surface area (Å²) in [6.07, 6.45) is 3.90. The average molecular weight is 274 g/mol. The van der Waals surface area contributed by atoms with Gasteiger partial charge in [0.05, 0.1) is 11.7 Å². The Morgan fingerprint density at radius 3 is 2.65 bits per heavy atom. The number of fused-ring (bicyclic) bond motifs is 1. The molecule has 0 saturated heterocycles. The van der Waals surface area contributed by atoms with E-state index < -0.39 is 11.6 Å². The maximum absolute atomic E-state index is 11.9. The van der Waals surface area contributed by atoms with Gasteiger partial charge in [-0.1, -0.05) is 32.4 Å². The molecule has 4 nitrogen and oxygen atoms in total. The second-order valence-electron chi connectivity index (χ2n) is 4.84. The Bertz CT molecular complexity index is 572. The molecule has 1 aliphatic rings. The van der Waals surface area contributed by atoms with Crippen molar-refractivity contribution in [3.63, 3.8) is 0 Å². The normalized spacial score (nSPS) is 15.6. The molecule has 1 aromatic rings. The second-order valence-corrected chi connectivity index (χ2v) is 4.84. The predicted molar refractivity (Wildman–Crippen MR) is 75.5 cm³/mol. The molecule has 4 heteroatoms. The molecule has 0 aromatic heterocycles. The van der Waals surface area contributed by atoms with Crippen molar-refractivity contribution < 1.29 is 19.4 Å². The molecule has 2 rings (SSSR count). The van der Waals surface area contributed by atoms with Crippen LogP contribution in [0.25, 0.3) is 5.76 Å². The molecule has 0 fully saturated rings. The van der Waals surface area contributed by atoms with Crippen LogP contribution in [0.5, 0.6) is 5.75 Å². The van der Waals surface area contributed by atoms with Crippen molar-refractivity contribution in [3.05, 3.63) is 35.4 Å². The molecule has 1 aliphatic carbocycles. The lowest BCUT2D eigenvalue weighted by atomic mass is 9.93. The molecule has 1 N–H and O–H groups in total. The van der Waals surface area contributed by atoms with Gasteiger partial charge in [0.1, 0.15) is 11.5 Å². The van der Waals surface area contributed by atoms with Crippen LogP contribution in [0.2, 0.25) is 0 Å². The zero-order valence-electron chi connectivity index (χ0n) is 11.7. The van der Waals surface area contributed by atoms with Crippen LogP contribution in [0.4, 0.5) is 0 Å². The van der Waals surface area contributed by atoms with E-state index >= 15 is 0 Å². The van der Waals surface area contributed by atoms with Crippen molar-refractivity contribution >= 4 is 17.3 Å². The molecule has 0 saturated carbocycles. The standard InChI is InChI=1S/C16H18O4/c1-3-6-10(4-2)20-14-9-13(18)16(19)15-11(14)7-5-8-12(15)17/h5,7-10,17H,3-4,6H2,1-2H3. The van der Waals surface area contributed by atoms with E-state index in [0.29, 0.717) is 11.3 Å². The summed E-state index contributed by atoms with van der Waals surface area (Å²) in [5.74, 6) is -1.14. The summed E-state index contributed by atoms with van der Waals surface area (Å²) in [5, 5.41) is 9.80. The lowest BCUT2D eigenvalue weighted by Crippen LogP contribution is -2.21. The molecule has 0 aliphatic heterocycles. The van der Waals surface area contributed by atoms with Crippen LogP contribution in [0.15, 0.2) is 24.3 Å². The third-order valence-electron chi connectivity index (χ3n) is 3.38. The minimum atomic E-state index is -0.686. The highest BCUT2D eigenvalue weighted by Gasteiger charge is 2.30. The van der Waals surface area contributed by atoms with Gasteiger partial charge in [0.2, 0.25) is 11.6 Å². The number of rotatable bonds is 5. The first-order valence-electron chi connectivity index (χ1n) is 6.87. The molecular weight excluding hydrogens is 256 g/mol. The number of carbonyl (C=O) groups excluding carboxylic acids is 2. The fraction of sp³-hybridized carbons (Fsp3) is 0.375. The van der Waals surface area contributed by atoms with Crippen LogP contribution in [0, 0.1) is 0 Å². The Morgan fingerprint density at radius 2 is 2.00 bits per heavy atom. The first-order chi connectivity index (χ1) is 9.58. The quantitative estimate of drug-likeness (QED) is 0.838. The van der Waals surface area contributed by atoms with Crippen LogP contribution < -0.4 is 0 Å². The summed E-state index contributed by atoms with van der Waals surface area (Å²) in [6, 6.07) is 4.72. The van der Waals surface area contributed by atoms with E-state index in [9.17, 15) is 14.7 Å². The number of hydrogen-bond donors (Lipinski definition) is 1. The zero-order chi connectivity index (χ0) is 14.7.